The van der Waals surface area contributed by atoms with Gasteiger partial charge in [0.1, 0.15) is 0 Å². The summed E-state index contributed by atoms with van der Waals surface area (Å²) >= 11 is 0. The number of nitrogens with zero attached hydrogens (tertiary/aromatic N) is 2. The predicted molar refractivity (Wildman–Crippen MR) is 50.1 cm³/mol. The Morgan fingerprint density at radius 3 is 2.25 bits per heavy atom. The summed E-state index contributed by atoms with van der Waals surface area (Å²) in [5.74, 6) is 0. The van der Waals surface area contributed by atoms with Crippen molar-refractivity contribution in [1.82, 2.24) is 4.90 Å². The molecule has 1 aromatic rings. The van der Waals surface area contributed by atoms with E-state index in [0.717, 1.165) is 6.54 Å². The van der Waals surface area contributed by atoms with Gasteiger partial charge in [-0.05, 0) is 19.7 Å². The van der Waals surface area contributed by atoms with E-state index in [1.54, 1.807) is 0 Å². The van der Waals surface area contributed by atoms with Crippen LogP contribution in [-0.2, 0) is 6.54 Å². The van der Waals surface area contributed by atoms with Gasteiger partial charge in [0.05, 0.1) is 6.57 Å². The second kappa shape index (κ2) is 3.89. The Bertz CT molecular complexity index is 280. The molecule has 0 fully saturated rings. The van der Waals surface area contributed by atoms with Gasteiger partial charge in [0.25, 0.3) is 0 Å². The zero-order valence-electron chi connectivity index (χ0n) is 7.41. The minimum Gasteiger partial charge on any atom is -0.305 e. The maximum absolute atomic E-state index is 6.77. The molecule has 0 heterocycles. The SMILES string of the molecule is [C-]#[N+]c1ccc(CN(C)C)cc1. The normalized spacial score (nSPS) is 9.83. The first-order chi connectivity index (χ1) is 5.72. The van der Waals surface area contributed by atoms with Crippen LogP contribution >= 0.6 is 0 Å². The molecule has 2 nitrogen and oxygen atoms in total. The molecule has 0 amide bonds. The van der Waals surface area contributed by atoms with Crippen molar-refractivity contribution in [1.29, 1.82) is 0 Å². The first kappa shape index (κ1) is 8.76. The van der Waals surface area contributed by atoms with Gasteiger partial charge in [-0.15, -0.1) is 0 Å². The first-order valence-electron chi connectivity index (χ1n) is 3.83. The molecule has 1 aromatic carbocycles. The molecule has 0 saturated heterocycles. The minimum absolute atomic E-state index is 0.706. The molecular formula is C10H12N2. The summed E-state index contributed by atoms with van der Waals surface area (Å²) in [7, 11) is 4.06. The van der Waals surface area contributed by atoms with Crippen LogP contribution in [0.15, 0.2) is 24.3 Å². The maximum Gasteiger partial charge on any atom is 0.187 e. The van der Waals surface area contributed by atoms with E-state index in [1.807, 2.05) is 38.4 Å². The van der Waals surface area contributed by atoms with Crippen LogP contribution in [-0.4, -0.2) is 19.0 Å². The second-order valence-electron chi connectivity index (χ2n) is 3.02. The van der Waals surface area contributed by atoms with Crippen molar-refractivity contribution in [2.45, 2.75) is 6.54 Å². The number of hydrogen-bond donors (Lipinski definition) is 0. The second-order valence-corrected chi connectivity index (χ2v) is 3.02. The van der Waals surface area contributed by atoms with Gasteiger partial charge >= 0.3 is 0 Å². The molecule has 0 aliphatic heterocycles. The van der Waals surface area contributed by atoms with E-state index in [9.17, 15) is 0 Å². The van der Waals surface area contributed by atoms with E-state index in [2.05, 4.69) is 9.74 Å². The van der Waals surface area contributed by atoms with E-state index in [1.165, 1.54) is 5.56 Å². The highest BCUT2D eigenvalue weighted by atomic mass is 15.0. The van der Waals surface area contributed by atoms with Crippen molar-refractivity contribution in [3.63, 3.8) is 0 Å². The zero-order chi connectivity index (χ0) is 8.97. The van der Waals surface area contributed by atoms with Gasteiger partial charge in [-0.2, -0.15) is 0 Å². The highest BCUT2D eigenvalue weighted by Gasteiger charge is 1.94. The first-order valence-corrected chi connectivity index (χ1v) is 3.83. The molecular weight excluding hydrogens is 148 g/mol. The Balaban J connectivity index is 2.73. The van der Waals surface area contributed by atoms with Gasteiger partial charge in [-0.1, -0.05) is 24.3 Å². The van der Waals surface area contributed by atoms with Crippen molar-refractivity contribution in [3.05, 3.63) is 41.2 Å². The molecule has 0 atom stereocenters. The largest absolute Gasteiger partial charge is 0.305 e. The molecule has 0 spiro atoms. The summed E-state index contributed by atoms with van der Waals surface area (Å²) in [6.07, 6.45) is 0. The van der Waals surface area contributed by atoms with Gasteiger partial charge in [0, 0.05) is 6.54 Å². The van der Waals surface area contributed by atoms with Gasteiger partial charge in [0.2, 0.25) is 0 Å². The summed E-state index contributed by atoms with van der Waals surface area (Å²) in [4.78, 5) is 5.43. The van der Waals surface area contributed by atoms with Crippen LogP contribution in [0.4, 0.5) is 5.69 Å². The third kappa shape index (κ3) is 2.37. The van der Waals surface area contributed by atoms with E-state index in [4.69, 9.17) is 6.57 Å². The van der Waals surface area contributed by atoms with Crippen LogP contribution in [0.25, 0.3) is 4.85 Å². The zero-order valence-corrected chi connectivity index (χ0v) is 7.41. The summed E-state index contributed by atoms with van der Waals surface area (Å²) in [6.45, 7) is 7.70. The molecule has 2 heteroatoms. The van der Waals surface area contributed by atoms with Crippen LogP contribution in [0.1, 0.15) is 5.56 Å². The molecule has 0 aliphatic rings. The standard InChI is InChI=1S/C10H12N2/c1-11-10-6-4-9(5-7-10)8-12(2)3/h4-7H,8H2,2-3H3. The molecule has 0 bridgehead atoms. The Morgan fingerprint density at radius 1 is 1.25 bits per heavy atom. The quantitative estimate of drug-likeness (QED) is 0.602. The summed E-state index contributed by atoms with van der Waals surface area (Å²) < 4.78 is 0. The lowest BCUT2D eigenvalue weighted by Gasteiger charge is -2.08. The molecule has 0 unspecified atom stereocenters. The van der Waals surface area contributed by atoms with Crippen molar-refractivity contribution in [2.75, 3.05) is 14.1 Å². The summed E-state index contributed by atoms with van der Waals surface area (Å²) in [6, 6.07) is 7.69. The van der Waals surface area contributed by atoms with E-state index in [-0.39, 0.29) is 0 Å². The van der Waals surface area contributed by atoms with Crippen molar-refractivity contribution in [2.24, 2.45) is 0 Å². The monoisotopic (exact) mass is 160 g/mol. The number of hydrogen-bond acceptors (Lipinski definition) is 1. The van der Waals surface area contributed by atoms with Crippen molar-refractivity contribution < 1.29 is 0 Å². The third-order valence-electron chi connectivity index (χ3n) is 1.56. The molecule has 12 heavy (non-hydrogen) atoms. The maximum atomic E-state index is 6.77. The fourth-order valence-electron chi connectivity index (χ4n) is 1.04. The fraction of sp³-hybridized carbons (Fsp3) is 0.300. The lowest BCUT2D eigenvalue weighted by molar-refractivity contribution is 0.402. The van der Waals surface area contributed by atoms with Crippen LogP contribution in [0.5, 0.6) is 0 Å². The van der Waals surface area contributed by atoms with Crippen LogP contribution < -0.4 is 0 Å². The lowest BCUT2D eigenvalue weighted by Crippen LogP contribution is -2.10. The fourth-order valence-corrected chi connectivity index (χ4v) is 1.04. The minimum atomic E-state index is 0.706. The Kier molecular flexibility index (Phi) is 2.84. The van der Waals surface area contributed by atoms with Crippen molar-refractivity contribution in [3.8, 4) is 0 Å². The number of rotatable bonds is 2. The third-order valence-corrected chi connectivity index (χ3v) is 1.56. The number of benzene rings is 1. The van der Waals surface area contributed by atoms with Gasteiger partial charge in [-0.3, -0.25) is 0 Å². The van der Waals surface area contributed by atoms with E-state index >= 15 is 0 Å². The molecule has 0 saturated carbocycles. The lowest BCUT2D eigenvalue weighted by atomic mass is 10.2. The van der Waals surface area contributed by atoms with Gasteiger partial charge in [-0.25, -0.2) is 4.85 Å². The summed E-state index contributed by atoms with van der Waals surface area (Å²) in [5.41, 5.74) is 1.95. The Labute approximate surface area is 73.3 Å². The van der Waals surface area contributed by atoms with Crippen LogP contribution in [0.3, 0.4) is 0 Å². The Morgan fingerprint density at radius 2 is 1.83 bits per heavy atom. The molecule has 0 radical (unpaired) electrons. The topological polar surface area (TPSA) is 7.60 Å². The molecule has 0 aromatic heterocycles. The Hall–Kier alpha value is -1.33. The van der Waals surface area contributed by atoms with E-state index < -0.39 is 0 Å². The molecule has 1 rings (SSSR count). The highest BCUT2D eigenvalue weighted by Crippen LogP contribution is 2.12. The van der Waals surface area contributed by atoms with Gasteiger partial charge < -0.3 is 4.90 Å². The van der Waals surface area contributed by atoms with Gasteiger partial charge in [0.15, 0.2) is 5.69 Å². The average Bonchev–Trinajstić information content (AvgIpc) is 2.05. The smallest absolute Gasteiger partial charge is 0.187 e. The van der Waals surface area contributed by atoms with E-state index in [0.29, 0.717) is 5.69 Å². The highest BCUT2D eigenvalue weighted by molar-refractivity contribution is 5.45. The average molecular weight is 160 g/mol. The molecule has 0 N–H and O–H groups in total. The van der Waals surface area contributed by atoms with Crippen LogP contribution in [0.2, 0.25) is 0 Å². The molecule has 0 aliphatic carbocycles. The van der Waals surface area contributed by atoms with Crippen LogP contribution in [0, 0.1) is 6.57 Å². The molecule has 62 valence electrons. The predicted octanol–water partition coefficient (Wildman–Crippen LogP) is 2.30. The summed E-state index contributed by atoms with van der Waals surface area (Å²) in [5, 5.41) is 0. The van der Waals surface area contributed by atoms with Crippen molar-refractivity contribution >= 4 is 5.69 Å².